The van der Waals surface area contributed by atoms with Gasteiger partial charge in [0.25, 0.3) is 0 Å². The van der Waals surface area contributed by atoms with Crippen LogP contribution in [-0.2, 0) is 9.47 Å². The molecule has 3 heteroatoms. The summed E-state index contributed by atoms with van der Waals surface area (Å²) >= 11 is 0. The monoisotopic (exact) mass is 131 g/mol. The highest BCUT2D eigenvalue weighted by Crippen LogP contribution is 2.08. The molecule has 0 radical (unpaired) electrons. The van der Waals surface area contributed by atoms with Crippen molar-refractivity contribution in [1.82, 2.24) is 0 Å². The van der Waals surface area contributed by atoms with E-state index in [1.54, 1.807) is 0 Å². The number of epoxide rings is 1. The lowest BCUT2D eigenvalue weighted by Gasteiger charge is -1.97. The van der Waals surface area contributed by atoms with E-state index in [-0.39, 0.29) is 0 Å². The molecule has 9 heavy (non-hydrogen) atoms. The van der Waals surface area contributed by atoms with Gasteiger partial charge in [0.15, 0.2) is 0 Å². The third-order valence-corrected chi connectivity index (χ3v) is 1.20. The summed E-state index contributed by atoms with van der Waals surface area (Å²) in [7, 11) is 0. The zero-order chi connectivity index (χ0) is 6.53. The molecular formula is C6H13NO2. The zero-order valence-corrected chi connectivity index (χ0v) is 5.51. The van der Waals surface area contributed by atoms with E-state index in [1.165, 1.54) is 0 Å². The van der Waals surface area contributed by atoms with Crippen LogP contribution < -0.4 is 5.73 Å². The Morgan fingerprint density at radius 2 is 2.44 bits per heavy atom. The van der Waals surface area contributed by atoms with Crippen LogP contribution in [0.3, 0.4) is 0 Å². The fourth-order valence-electron chi connectivity index (χ4n) is 0.564. The summed E-state index contributed by atoms with van der Waals surface area (Å²) in [5.74, 6) is 0. The van der Waals surface area contributed by atoms with Crippen molar-refractivity contribution >= 4 is 0 Å². The Balaban J connectivity index is 1.71. The molecule has 1 rings (SSSR count). The predicted octanol–water partition coefficient (Wildman–Crippen LogP) is -0.249. The summed E-state index contributed by atoms with van der Waals surface area (Å²) in [4.78, 5) is 0. The van der Waals surface area contributed by atoms with E-state index in [2.05, 4.69) is 0 Å². The molecule has 0 bridgehead atoms. The van der Waals surface area contributed by atoms with Crippen LogP contribution in [0.5, 0.6) is 0 Å². The minimum Gasteiger partial charge on any atom is -0.379 e. The van der Waals surface area contributed by atoms with Gasteiger partial charge in [0.2, 0.25) is 0 Å². The average molecular weight is 131 g/mol. The van der Waals surface area contributed by atoms with Gasteiger partial charge in [-0.2, -0.15) is 0 Å². The van der Waals surface area contributed by atoms with Crippen LogP contribution in [0.2, 0.25) is 0 Å². The first kappa shape index (κ1) is 6.99. The minimum atomic E-state index is 0.391. The molecule has 1 atom stereocenters. The number of ether oxygens (including phenoxy) is 2. The maximum atomic E-state index is 5.25. The van der Waals surface area contributed by atoms with E-state index < -0.39 is 0 Å². The normalized spacial score (nSPS) is 24.3. The van der Waals surface area contributed by atoms with E-state index in [0.717, 1.165) is 26.2 Å². The first-order chi connectivity index (χ1) is 4.43. The molecule has 3 nitrogen and oxygen atoms in total. The van der Waals surface area contributed by atoms with Crippen molar-refractivity contribution in [1.29, 1.82) is 0 Å². The molecule has 0 spiro atoms. The Morgan fingerprint density at radius 3 is 3.00 bits per heavy atom. The molecule has 0 aliphatic carbocycles. The zero-order valence-electron chi connectivity index (χ0n) is 5.51. The van der Waals surface area contributed by atoms with Gasteiger partial charge in [-0.15, -0.1) is 0 Å². The van der Waals surface area contributed by atoms with Crippen LogP contribution in [0.25, 0.3) is 0 Å². The molecule has 1 aliphatic heterocycles. The first-order valence-corrected chi connectivity index (χ1v) is 3.33. The summed E-state index contributed by atoms with van der Waals surface area (Å²) < 4.78 is 10.1. The van der Waals surface area contributed by atoms with Crippen LogP contribution in [0.4, 0.5) is 0 Å². The SMILES string of the molecule is NCCCOCC1CO1. The summed E-state index contributed by atoms with van der Waals surface area (Å²) in [6.45, 7) is 3.12. The van der Waals surface area contributed by atoms with Crippen molar-refractivity contribution in [2.24, 2.45) is 5.73 Å². The molecule has 1 heterocycles. The second kappa shape index (κ2) is 3.82. The van der Waals surface area contributed by atoms with E-state index in [4.69, 9.17) is 15.2 Å². The molecule has 0 amide bonds. The van der Waals surface area contributed by atoms with Gasteiger partial charge in [-0.25, -0.2) is 0 Å². The molecule has 2 N–H and O–H groups in total. The van der Waals surface area contributed by atoms with Gasteiger partial charge in [0.05, 0.1) is 13.2 Å². The van der Waals surface area contributed by atoms with Crippen LogP contribution in [-0.4, -0.2) is 32.5 Å². The Kier molecular flexibility index (Phi) is 2.97. The summed E-state index contributed by atoms with van der Waals surface area (Å²) in [6.07, 6.45) is 1.34. The maximum absolute atomic E-state index is 5.25. The van der Waals surface area contributed by atoms with Gasteiger partial charge >= 0.3 is 0 Å². The van der Waals surface area contributed by atoms with Crippen molar-refractivity contribution in [2.45, 2.75) is 12.5 Å². The largest absolute Gasteiger partial charge is 0.379 e. The van der Waals surface area contributed by atoms with Crippen molar-refractivity contribution in [3.63, 3.8) is 0 Å². The average Bonchev–Trinajstić information content (AvgIpc) is 2.63. The van der Waals surface area contributed by atoms with Gasteiger partial charge in [0, 0.05) is 6.61 Å². The van der Waals surface area contributed by atoms with Crippen LogP contribution >= 0.6 is 0 Å². The van der Waals surface area contributed by atoms with Crippen LogP contribution in [0, 0.1) is 0 Å². The highest BCUT2D eigenvalue weighted by Gasteiger charge is 2.21. The van der Waals surface area contributed by atoms with E-state index in [1.807, 2.05) is 0 Å². The van der Waals surface area contributed by atoms with Crippen molar-refractivity contribution in [3.8, 4) is 0 Å². The molecule has 0 saturated carbocycles. The second-order valence-electron chi connectivity index (χ2n) is 2.17. The fraction of sp³-hybridized carbons (Fsp3) is 1.00. The van der Waals surface area contributed by atoms with E-state index in [0.29, 0.717) is 12.6 Å². The molecular weight excluding hydrogens is 118 g/mol. The Hall–Kier alpha value is -0.120. The third kappa shape index (κ3) is 3.46. The topological polar surface area (TPSA) is 47.8 Å². The summed E-state index contributed by atoms with van der Waals surface area (Å²) in [5.41, 5.74) is 5.25. The molecule has 1 unspecified atom stereocenters. The quantitative estimate of drug-likeness (QED) is 0.413. The van der Waals surface area contributed by atoms with Gasteiger partial charge in [-0.05, 0) is 13.0 Å². The van der Waals surface area contributed by atoms with Crippen LogP contribution in [0.1, 0.15) is 6.42 Å². The summed E-state index contributed by atoms with van der Waals surface area (Å²) in [5, 5.41) is 0. The number of rotatable bonds is 5. The van der Waals surface area contributed by atoms with Gasteiger partial charge in [0.1, 0.15) is 6.10 Å². The lowest BCUT2D eigenvalue weighted by atomic mass is 10.4. The Bertz CT molecular complexity index is 73.5. The van der Waals surface area contributed by atoms with Crippen molar-refractivity contribution in [2.75, 3.05) is 26.4 Å². The first-order valence-electron chi connectivity index (χ1n) is 3.33. The van der Waals surface area contributed by atoms with E-state index in [9.17, 15) is 0 Å². The number of hydrogen-bond acceptors (Lipinski definition) is 3. The smallest absolute Gasteiger partial charge is 0.104 e. The van der Waals surface area contributed by atoms with Crippen molar-refractivity contribution in [3.05, 3.63) is 0 Å². The highest BCUT2D eigenvalue weighted by atomic mass is 16.6. The van der Waals surface area contributed by atoms with Crippen LogP contribution in [0.15, 0.2) is 0 Å². The lowest BCUT2D eigenvalue weighted by Crippen LogP contribution is -2.07. The number of hydrogen-bond donors (Lipinski definition) is 1. The fourth-order valence-corrected chi connectivity index (χ4v) is 0.564. The standard InChI is InChI=1S/C6H13NO2/c7-2-1-3-8-4-6-5-9-6/h6H,1-5,7H2. The van der Waals surface area contributed by atoms with E-state index >= 15 is 0 Å². The minimum absolute atomic E-state index is 0.391. The molecule has 54 valence electrons. The molecule has 0 aromatic heterocycles. The van der Waals surface area contributed by atoms with Gasteiger partial charge in [-0.3, -0.25) is 0 Å². The Morgan fingerprint density at radius 1 is 1.67 bits per heavy atom. The Labute approximate surface area is 55.1 Å². The number of nitrogens with two attached hydrogens (primary N) is 1. The molecule has 0 aromatic carbocycles. The summed E-state index contributed by atoms with van der Waals surface area (Å²) in [6, 6.07) is 0. The van der Waals surface area contributed by atoms with Crippen molar-refractivity contribution < 1.29 is 9.47 Å². The lowest BCUT2D eigenvalue weighted by molar-refractivity contribution is 0.116. The van der Waals surface area contributed by atoms with Gasteiger partial charge in [-0.1, -0.05) is 0 Å². The van der Waals surface area contributed by atoms with Gasteiger partial charge < -0.3 is 15.2 Å². The molecule has 0 aromatic rings. The molecule has 1 saturated heterocycles. The molecule has 1 fully saturated rings. The second-order valence-corrected chi connectivity index (χ2v) is 2.17. The maximum Gasteiger partial charge on any atom is 0.104 e. The third-order valence-electron chi connectivity index (χ3n) is 1.20. The highest BCUT2D eigenvalue weighted by molar-refractivity contribution is 4.66. The predicted molar refractivity (Wildman–Crippen MR) is 34.2 cm³/mol. The molecule has 1 aliphatic rings.